The number of nitrogens with zero attached hydrogens (tertiary/aromatic N) is 5. The molecule has 0 atom stereocenters. The van der Waals surface area contributed by atoms with Crippen LogP contribution in [0.25, 0.3) is 11.4 Å². The molecule has 1 saturated carbocycles. The van der Waals surface area contributed by atoms with Crippen molar-refractivity contribution in [2.24, 2.45) is 5.73 Å². The third-order valence-corrected chi connectivity index (χ3v) is 11.0. The van der Waals surface area contributed by atoms with Crippen LogP contribution < -0.4 is 24.2 Å². The van der Waals surface area contributed by atoms with Gasteiger partial charge in [-0.3, -0.25) is 4.31 Å². The van der Waals surface area contributed by atoms with E-state index in [9.17, 15) is 0 Å². The molecule has 1 fully saturated rings. The molecule has 0 radical (unpaired) electrons. The van der Waals surface area contributed by atoms with E-state index in [1.807, 2.05) is 0 Å². The van der Waals surface area contributed by atoms with E-state index in [2.05, 4.69) is 21.3 Å². The van der Waals surface area contributed by atoms with Crippen molar-refractivity contribution >= 4 is 15.7 Å². The Hall–Kier alpha value is -5.15. The number of halogens is 3. The number of alkyl halides is 3. The van der Waals surface area contributed by atoms with Crippen LogP contribution in [0, 0.1) is 0 Å². The van der Waals surface area contributed by atoms with E-state index >= 15 is 21.6 Å². The van der Waals surface area contributed by atoms with Crippen molar-refractivity contribution in [1.29, 1.82) is 0 Å². The molecule has 4 aromatic carbocycles. The molecule has 15 heteroatoms. The van der Waals surface area contributed by atoms with Crippen LogP contribution in [0.4, 0.5) is 18.9 Å². The van der Waals surface area contributed by atoms with Crippen molar-refractivity contribution in [3.8, 4) is 28.6 Å². The van der Waals surface area contributed by atoms with Crippen LogP contribution in [0.3, 0.4) is 0 Å². The van der Waals surface area contributed by atoms with Gasteiger partial charge in [0, 0.05) is 5.56 Å². The number of hydrogen-bond acceptors (Lipinski definition) is 9. The average Bonchev–Trinajstić information content (AvgIpc) is 3.65. The fraction of sp³-hybridized carbons (Fsp3) is 0.342. The molecule has 2 N–H and O–H groups in total. The Kier molecular flexibility index (Phi) is 12.6. The number of hydrogen-bond donors (Lipinski definition) is 1. The molecule has 1 aliphatic carbocycles. The first-order valence-corrected chi connectivity index (χ1v) is 18.5. The topological polar surface area (TPSA) is 135 Å². The monoisotopic (exact) mass is 752 g/mol. The Morgan fingerprint density at radius 2 is 1.30 bits per heavy atom. The zero-order valence-electron chi connectivity index (χ0n) is 30.0. The highest BCUT2D eigenvalue weighted by molar-refractivity contribution is 7.93. The number of tetrazole rings is 1. The van der Waals surface area contributed by atoms with Gasteiger partial charge in [0.25, 0.3) is 10.0 Å². The highest BCUT2D eigenvalue weighted by atomic mass is 32.2. The lowest BCUT2D eigenvalue weighted by molar-refractivity contribution is -0.139. The Labute approximate surface area is 307 Å². The van der Waals surface area contributed by atoms with E-state index < -0.39 is 26.7 Å². The predicted octanol–water partition coefficient (Wildman–Crippen LogP) is 7.45. The maximum atomic E-state index is 15.3. The molecule has 0 bridgehead atoms. The second-order valence-electron chi connectivity index (χ2n) is 12.3. The SMILES string of the molecule is CN.COc1ccc(CN(c2ccc(OC)cc2)S(=O)(=O)c2c(C(F)(F)F)ccc(C3CCCCC3)c2-c2nnnn2Cc2ccc(OC)cc2)cc1. The lowest BCUT2D eigenvalue weighted by atomic mass is 9.81. The van der Waals surface area contributed by atoms with Crippen molar-refractivity contribution < 1.29 is 35.8 Å². The van der Waals surface area contributed by atoms with Crippen LogP contribution in [-0.4, -0.2) is 57.0 Å². The standard InChI is InChI=1S/C37H38F3N5O5S.CH5N/c1-48-29-15-9-25(10-16-29)23-44-36(41-42-43-44)34-32(27-7-5-4-6-8-27)21-22-33(37(38,39)40)35(34)51(46,47)45(28-13-19-31(50-3)20-14-28)24-26-11-17-30(49-2)18-12-26;1-2/h9-22,27H,4-8,23-24H2,1-3H3;2H2,1H3. The molecule has 0 amide bonds. The van der Waals surface area contributed by atoms with Crippen LogP contribution in [0.1, 0.15) is 60.3 Å². The highest BCUT2D eigenvalue weighted by Crippen LogP contribution is 2.47. The van der Waals surface area contributed by atoms with Crippen molar-refractivity contribution in [3.63, 3.8) is 0 Å². The maximum Gasteiger partial charge on any atom is 0.417 e. The number of methoxy groups -OCH3 is 3. The van der Waals surface area contributed by atoms with E-state index in [4.69, 9.17) is 14.2 Å². The third kappa shape index (κ3) is 8.74. The summed E-state index contributed by atoms with van der Waals surface area (Å²) in [6, 6.07) is 22.2. The van der Waals surface area contributed by atoms with Crippen molar-refractivity contribution in [2.45, 2.75) is 62.2 Å². The first-order chi connectivity index (χ1) is 25.5. The summed E-state index contributed by atoms with van der Waals surface area (Å²) >= 11 is 0. The lowest BCUT2D eigenvalue weighted by Crippen LogP contribution is -2.33. The zero-order valence-corrected chi connectivity index (χ0v) is 30.8. The van der Waals surface area contributed by atoms with Gasteiger partial charge in [0.15, 0.2) is 5.82 Å². The van der Waals surface area contributed by atoms with Gasteiger partial charge in [-0.15, -0.1) is 5.10 Å². The number of benzene rings is 4. The fourth-order valence-electron chi connectivity index (χ4n) is 6.54. The van der Waals surface area contributed by atoms with Crippen LogP contribution in [0.5, 0.6) is 17.2 Å². The van der Waals surface area contributed by atoms with Crippen molar-refractivity contribution in [1.82, 2.24) is 20.2 Å². The summed E-state index contributed by atoms with van der Waals surface area (Å²) in [7, 11) is 1.01. The Morgan fingerprint density at radius 3 is 1.83 bits per heavy atom. The summed E-state index contributed by atoms with van der Waals surface area (Å²) in [6.45, 7) is -0.208. The molecule has 53 heavy (non-hydrogen) atoms. The summed E-state index contributed by atoms with van der Waals surface area (Å²) in [5.41, 5.74) is 4.92. The zero-order chi connectivity index (χ0) is 38.2. The molecule has 11 nitrogen and oxygen atoms in total. The fourth-order valence-corrected chi connectivity index (χ4v) is 8.41. The smallest absolute Gasteiger partial charge is 0.417 e. The summed E-state index contributed by atoms with van der Waals surface area (Å²) in [5, 5.41) is 12.2. The Balaban J connectivity index is 0.00000266. The number of rotatable bonds is 12. The maximum absolute atomic E-state index is 15.3. The van der Waals surface area contributed by atoms with Gasteiger partial charge in [0.05, 0.1) is 45.7 Å². The van der Waals surface area contributed by atoms with Crippen LogP contribution in [0.2, 0.25) is 0 Å². The van der Waals surface area contributed by atoms with E-state index in [1.165, 1.54) is 44.1 Å². The molecule has 0 saturated heterocycles. The summed E-state index contributed by atoms with van der Waals surface area (Å²) in [5.74, 6) is 1.34. The van der Waals surface area contributed by atoms with Gasteiger partial charge >= 0.3 is 6.18 Å². The second kappa shape index (κ2) is 17.1. The van der Waals surface area contributed by atoms with E-state index in [0.29, 0.717) is 41.2 Å². The first-order valence-electron chi connectivity index (χ1n) is 17.0. The minimum atomic E-state index is -5.04. The lowest BCUT2D eigenvalue weighted by Gasteiger charge is -2.30. The Morgan fingerprint density at radius 1 is 0.774 bits per heavy atom. The normalized spacial score (nSPS) is 13.5. The molecular weight excluding hydrogens is 710 g/mol. The molecule has 1 aliphatic rings. The van der Waals surface area contributed by atoms with Gasteiger partial charge in [0.1, 0.15) is 22.1 Å². The molecule has 0 spiro atoms. The Bertz CT molecular complexity index is 2050. The van der Waals surface area contributed by atoms with Gasteiger partial charge in [-0.05, 0) is 108 Å². The van der Waals surface area contributed by atoms with Gasteiger partial charge in [-0.25, -0.2) is 13.1 Å². The van der Waals surface area contributed by atoms with Gasteiger partial charge in [-0.1, -0.05) is 49.6 Å². The quantitative estimate of drug-likeness (QED) is 0.138. The molecular formula is C38H43F3N6O5S. The number of anilines is 1. The summed E-state index contributed by atoms with van der Waals surface area (Å²) < 4.78 is 94.2. The molecule has 6 rings (SSSR count). The number of sulfonamides is 1. The molecule has 5 aromatic rings. The van der Waals surface area contributed by atoms with E-state index in [-0.39, 0.29) is 36.1 Å². The van der Waals surface area contributed by atoms with E-state index in [0.717, 1.165) is 35.2 Å². The van der Waals surface area contributed by atoms with Crippen LogP contribution in [0.15, 0.2) is 89.8 Å². The predicted molar refractivity (Wildman–Crippen MR) is 196 cm³/mol. The van der Waals surface area contributed by atoms with Gasteiger partial charge in [0.2, 0.25) is 0 Å². The largest absolute Gasteiger partial charge is 0.497 e. The van der Waals surface area contributed by atoms with Crippen molar-refractivity contribution in [2.75, 3.05) is 32.7 Å². The molecule has 0 unspecified atom stereocenters. The van der Waals surface area contributed by atoms with Crippen LogP contribution in [-0.2, 0) is 29.3 Å². The minimum Gasteiger partial charge on any atom is -0.497 e. The summed E-state index contributed by atoms with van der Waals surface area (Å²) in [4.78, 5) is -0.895. The molecule has 1 heterocycles. The van der Waals surface area contributed by atoms with E-state index in [1.54, 1.807) is 67.8 Å². The van der Waals surface area contributed by atoms with Crippen molar-refractivity contribution in [3.05, 3.63) is 107 Å². The van der Waals surface area contributed by atoms with Gasteiger partial charge in [-0.2, -0.15) is 13.2 Å². The second-order valence-corrected chi connectivity index (χ2v) is 14.1. The number of aromatic nitrogens is 4. The molecule has 1 aromatic heterocycles. The number of ether oxygens (including phenoxy) is 3. The first kappa shape index (κ1) is 39.1. The average molecular weight is 753 g/mol. The third-order valence-electron chi connectivity index (χ3n) is 9.18. The number of nitrogens with two attached hydrogens (primary N) is 1. The molecule has 0 aliphatic heterocycles. The summed E-state index contributed by atoms with van der Waals surface area (Å²) in [6.07, 6.45) is -0.959. The van der Waals surface area contributed by atoms with Gasteiger partial charge < -0.3 is 19.9 Å². The molecule has 282 valence electrons. The van der Waals surface area contributed by atoms with Crippen LogP contribution >= 0.6 is 0 Å². The minimum absolute atomic E-state index is 0.0697. The highest BCUT2D eigenvalue weighted by Gasteiger charge is 2.44.